The van der Waals surface area contributed by atoms with Crippen LogP contribution in [-0.2, 0) is 6.42 Å². The van der Waals surface area contributed by atoms with Gasteiger partial charge in [-0.1, -0.05) is 0 Å². The Morgan fingerprint density at radius 3 is 3.25 bits per heavy atom. The number of aromatic nitrogens is 1. The highest BCUT2D eigenvalue weighted by Gasteiger charge is 2.28. The molecule has 2 rings (SSSR count). The molecule has 0 aliphatic carbocycles. The number of hydrogen-bond donors (Lipinski definition) is 1. The van der Waals surface area contributed by atoms with Crippen molar-refractivity contribution in [3.8, 4) is 0 Å². The van der Waals surface area contributed by atoms with E-state index in [1.807, 2.05) is 5.51 Å². The molecule has 1 atom stereocenters. The normalized spacial score (nSPS) is 29.4. The summed E-state index contributed by atoms with van der Waals surface area (Å²) in [5.41, 5.74) is 3.46. The van der Waals surface area contributed by atoms with Crippen LogP contribution < -0.4 is 5.32 Å². The van der Waals surface area contributed by atoms with E-state index in [0.717, 1.165) is 6.42 Å². The molecule has 0 amide bonds. The van der Waals surface area contributed by atoms with E-state index in [1.54, 1.807) is 11.3 Å². The van der Waals surface area contributed by atoms with Gasteiger partial charge in [0.15, 0.2) is 0 Å². The summed E-state index contributed by atoms with van der Waals surface area (Å²) in [7, 11) is 0. The minimum atomic E-state index is 0.314. The lowest BCUT2D eigenvalue weighted by molar-refractivity contribution is 0.409. The Bertz CT molecular complexity index is 237. The maximum absolute atomic E-state index is 4.30. The summed E-state index contributed by atoms with van der Waals surface area (Å²) in [4.78, 5) is 4.30. The summed E-state index contributed by atoms with van der Waals surface area (Å²) >= 11 is 1.68. The minimum absolute atomic E-state index is 0.314. The fraction of sp³-hybridized carbons (Fsp3) is 0.667. The molecule has 0 bridgehead atoms. The average molecular weight is 182 g/mol. The lowest BCUT2D eigenvalue weighted by Gasteiger charge is -2.22. The first-order valence-corrected chi connectivity index (χ1v) is 5.35. The van der Waals surface area contributed by atoms with Crippen LogP contribution in [0.5, 0.6) is 0 Å². The van der Waals surface area contributed by atoms with Crippen LogP contribution in [0.1, 0.15) is 25.5 Å². The van der Waals surface area contributed by atoms with Gasteiger partial charge in [0.25, 0.3) is 0 Å². The van der Waals surface area contributed by atoms with Crippen molar-refractivity contribution in [1.29, 1.82) is 0 Å². The van der Waals surface area contributed by atoms with E-state index >= 15 is 0 Å². The molecule has 12 heavy (non-hydrogen) atoms. The molecule has 2 heterocycles. The molecule has 2 nitrogen and oxygen atoms in total. The van der Waals surface area contributed by atoms with Gasteiger partial charge in [0.1, 0.15) is 0 Å². The van der Waals surface area contributed by atoms with Crippen LogP contribution in [0, 0.1) is 0 Å². The van der Waals surface area contributed by atoms with Gasteiger partial charge in [0.2, 0.25) is 0 Å². The summed E-state index contributed by atoms with van der Waals surface area (Å²) in [6.45, 7) is 3.46. The third kappa shape index (κ3) is 1.67. The van der Waals surface area contributed by atoms with E-state index in [2.05, 4.69) is 22.6 Å². The molecule has 1 saturated heterocycles. The van der Waals surface area contributed by atoms with Gasteiger partial charge in [-0.2, -0.15) is 0 Å². The second-order valence-corrected chi connectivity index (χ2v) is 4.47. The van der Waals surface area contributed by atoms with Crippen molar-refractivity contribution in [2.45, 2.75) is 31.7 Å². The van der Waals surface area contributed by atoms with Crippen LogP contribution in [0.4, 0.5) is 0 Å². The van der Waals surface area contributed by atoms with Gasteiger partial charge in [0, 0.05) is 17.3 Å². The molecule has 1 aromatic rings. The first kappa shape index (κ1) is 8.20. The monoisotopic (exact) mass is 182 g/mol. The van der Waals surface area contributed by atoms with Crippen molar-refractivity contribution in [2.24, 2.45) is 0 Å². The van der Waals surface area contributed by atoms with Crippen molar-refractivity contribution in [1.82, 2.24) is 10.3 Å². The fourth-order valence-corrected chi connectivity index (χ4v) is 2.39. The highest BCUT2D eigenvalue weighted by atomic mass is 32.1. The number of thiazole rings is 1. The van der Waals surface area contributed by atoms with Gasteiger partial charge < -0.3 is 5.32 Å². The van der Waals surface area contributed by atoms with Crippen LogP contribution in [-0.4, -0.2) is 17.1 Å². The Morgan fingerprint density at radius 1 is 1.75 bits per heavy atom. The summed E-state index contributed by atoms with van der Waals surface area (Å²) in [5, 5.41) is 5.68. The smallest absolute Gasteiger partial charge is 0.0794 e. The van der Waals surface area contributed by atoms with Crippen LogP contribution in [0.3, 0.4) is 0 Å². The predicted octanol–water partition coefficient (Wildman–Crippen LogP) is 1.83. The highest BCUT2D eigenvalue weighted by molar-refractivity contribution is 7.07. The second-order valence-electron chi connectivity index (χ2n) is 3.75. The number of nitrogens with one attached hydrogen (secondary N) is 1. The molecule has 1 aliphatic rings. The fourth-order valence-electron chi connectivity index (χ4n) is 1.83. The van der Waals surface area contributed by atoms with E-state index in [-0.39, 0.29) is 0 Å². The highest BCUT2D eigenvalue weighted by Crippen LogP contribution is 2.22. The van der Waals surface area contributed by atoms with Crippen molar-refractivity contribution >= 4 is 11.3 Å². The Morgan fingerprint density at radius 2 is 2.67 bits per heavy atom. The Balaban J connectivity index is 2.02. The van der Waals surface area contributed by atoms with Gasteiger partial charge >= 0.3 is 0 Å². The zero-order valence-electron chi connectivity index (χ0n) is 7.34. The quantitative estimate of drug-likeness (QED) is 0.754. The largest absolute Gasteiger partial charge is 0.311 e. The molecular weight excluding hydrogens is 168 g/mol. The van der Waals surface area contributed by atoms with Crippen molar-refractivity contribution < 1.29 is 0 Å². The number of nitrogens with zero attached hydrogens (tertiary/aromatic N) is 1. The van der Waals surface area contributed by atoms with Crippen LogP contribution >= 0.6 is 11.3 Å². The molecule has 3 heteroatoms. The number of rotatable bonds is 2. The van der Waals surface area contributed by atoms with Crippen molar-refractivity contribution in [3.05, 3.63) is 16.6 Å². The van der Waals surface area contributed by atoms with E-state index < -0.39 is 0 Å². The maximum atomic E-state index is 4.30. The van der Waals surface area contributed by atoms with Crippen molar-refractivity contribution in [3.63, 3.8) is 0 Å². The van der Waals surface area contributed by atoms with E-state index in [0.29, 0.717) is 5.54 Å². The van der Waals surface area contributed by atoms with Crippen LogP contribution in [0.2, 0.25) is 0 Å². The number of hydrogen-bond acceptors (Lipinski definition) is 3. The van der Waals surface area contributed by atoms with Gasteiger partial charge in [-0.3, -0.25) is 0 Å². The average Bonchev–Trinajstić information content (AvgIpc) is 2.62. The summed E-state index contributed by atoms with van der Waals surface area (Å²) in [6.07, 6.45) is 3.67. The van der Waals surface area contributed by atoms with Crippen LogP contribution in [0.25, 0.3) is 0 Å². The third-order valence-corrected chi connectivity index (χ3v) is 3.15. The second kappa shape index (κ2) is 3.15. The Hall–Kier alpha value is -0.410. The molecule has 1 N–H and O–H groups in total. The molecule has 1 aromatic heterocycles. The Kier molecular flexibility index (Phi) is 2.15. The molecule has 0 saturated carbocycles. The van der Waals surface area contributed by atoms with Gasteiger partial charge in [-0.15, -0.1) is 11.3 Å². The molecule has 0 spiro atoms. The summed E-state index contributed by atoms with van der Waals surface area (Å²) < 4.78 is 0. The Labute approximate surface area is 77.0 Å². The first-order valence-electron chi connectivity index (χ1n) is 4.41. The van der Waals surface area contributed by atoms with E-state index in [4.69, 9.17) is 0 Å². The van der Waals surface area contributed by atoms with Gasteiger partial charge in [-0.25, -0.2) is 4.98 Å². The third-order valence-electron chi connectivity index (χ3n) is 2.51. The maximum Gasteiger partial charge on any atom is 0.0794 e. The predicted molar refractivity (Wildman–Crippen MR) is 51.5 cm³/mol. The van der Waals surface area contributed by atoms with Crippen LogP contribution in [0.15, 0.2) is 10.9 Å². The topological polar surface area (TPSA) is 24.9 Å². The summed E-state index contributed by atoms with van der Waals surface area (Å²) in [5.74, 6) is 0. The van der Waals surface area contributed by atoms with Gasteiger partial charge in [0.05, 0.1) is 11.2 Å². The molecule has 1 fully saturated rings. The zero-order valence-corrected chi connectivity index (χ0v) is 8.16. The molecule has 66 valence electrons. The van der Waals surface area contributed by atoms with Crippen molar-refractivity contribution in [2.75, 3.05) is 6.54 Å². The lowest BCUT2D eigenvalue weighted by atomic mass is 9.95. The zero-order chi connectivity index (χ0) is 8.44. The minimum Gasteiger partial charge on any atom is -0.311 e. The SMILES string of the molecule is CC1(Cc2cscn2)CCCN1. The molecule has 0 radical (unpaired) electrons. The summed E-state index contributed by atoms with van der Waals surface area (Å²) in [6, 6.07) is 0. The van der Waals surface area contributed by atoms with E-state index in [1.165, 1.54) is 25.1 Å². The van der Waals surface area contributed by atoms with Gasteiger partial charge in [-0.05, 0) is 26.3 Å². The molecule has 0 aromatic carbocycles. The molecule has 1 aliphatic heterocycles. The standard InChI is InChI=1S/C9H14N2S/c1-9(3-2-4-11-9)5-8-6-12-7-10-8/h6-7,11H,2-5H2,1H3. The van der Waals surface area contributed by atoms with E-state index in [9.17, 15) is 0 Å². The molecule has 1 unspecified atom stereocenters. The molecular formula is C9H14N2S. The lowest BCUT2D eigenvalue weighted by Crippen LogP contribution is -2.38. The first-order chi connectivity index (χ1) is 5.79.